The second-order valence-corrected chi connectivity index (χ2v) is 8.04. The van der Waals surface area contributed by atoms with Crippen molar-refractivity contribution in [1.82, 2.24) is 15.3 Å². The number of nitrogens with one attached hydrogen (secondary N) is 2. The van der Waals surface area contributed by atoms with E-state index < -0.39 is 0 Å². The standard InChI is InChI=1S/C20H19N3OS2/c1-12-4-3-5-16-17(12)14(10-22-16)6-8-21-19(24)18-13(2)23-20(26-18)15-7-9-25-11-15/h3-5,7,9-11,22H,6,8H2,1-2H3,(H,21,24). The maximum absolute atomic E-state index is 12.6. The van der Waals surface area contributed by atoms with E-state index in [1.165, 1.54) is 27.8 Å². The highest BCUT2D eigenvalue weighted by Crippen LogP contribution is 2.29. The third kappa shape index (κ3) is 3.18. The maximum atomic E-state index is 12.6. The van der Waals surface area contributed by atoms with Gasteiger partial charge in [0.1, 0.15) is 9.88 Å². The number of aromatic amines is 1. The molecule has 132 valence electrons. The number of hydrogen-bond donors (Lipinski definition) is 2. The molecular weight excluding hydrogens is 362 g/mol. The van der Waals surface area contributed by atoms with Crippen LogP contribution >= 0.6 is 22.7 Å². The van der Waals surface area contributed by atoms with Crippen molar-refractivity contribution < 1.29 is 4.79 Å². The molecule has 1 aromatic carbocycles. The molecule has 3 heterocycles. The lowest BCUT2D eigenvalue weighted by atomic mass is 10.1. The van der Waals surface area contributed by atoms with Crippen LogP contribution in [0.3, 0.4) is 0 Å². The largest absolute Gasteiger partial charge is 0.361 e. The Kier molecular flexibility index (Phi) is 4.61. The first-order chi connectivity index (χ1) is 12.6. The van der Waals surface area contributed by atoms with E-state index >= 15 is 0 Å². The number of hydrogen-bond acceptors (Lipinski definition) is 4. The molecule has 4 aromatic rings. The van der Waals surface area contributed by atoms with Crippen molar-refractivity contribution in [2.45, 2.75) is 20.3 Å². The fourth-order valence-corrected chi connectivity index (χ4v) is 4.85. The summed E-state index contributed by atoms with van der Waals surface area (Å²) < 4.78 is 0. The number of rotatable bonds is 5. The number of carbonyl (C=O) groups excluding carboxylic acids is 1. The highest BCUT2D eigenvalue weighted by molar-refractivity contribution is 7.17. The lowest BCUT2D eigenvalue weighted by Crippen LogP contribution is -2.25. The van der Waals surface area contributed by atoms with Crippen LogP contribution in [0.25, 0.3) is 21.5 Å². The summed E-state index contributed by atoms with van der Waals surface area (Å²) in [5.41, 5.74) is 5.50. The van der Waals surface area contributed by atoms with Gasteiger partial charge in [-0.25, -0.2) is 4.98 Å². The van der Waals surface area contributed by atoms with E-state index in [0.717, 1.165) is 28.2 Å². The Balaban J connectivity index is 1.44. The Morgan fingerprint density at radius 3 is 2.96 bits per heavy atom. The van der Waals surface area contributed by atoms with Gasteiger partial charge in [-0.15, -0.1) is 11.3 Å². The summed E-state index contributed by atoms with van der Waals surface area (Å²) in [7, 11) is 0. The molecule has 4 nitrogen and oxygen atoms in total. The monoisotopic (exact) mass is 381 g/mol. The van der Waals surface area contributed by atoms with E-state index in [1.54, 1.807) is 11.3 Å². The second-order valence-electron chi connectivity index (χ2n) is 6.26. The van der Waals surface area contributed by atoms with E-state index in [2.05, 4.69) is 45.8 Å². The van der Waals surface area contributed by atoms with Gasteiger partial charge in [-0.1, -0.05) is 12.1 Å². The number of nitrogens with zero attached hydrogens (tertiary/aromatic N) is 1. The molecule has 0 atom stereocenters. The van der Waals surface area contributed by atoms with Crippen molar-refractivity contribution in [2.24, 2.45) is 0 Å². The lowest BCUT2D eigenvalue weighted by molar-refractivity contribution is 0.0957. The summed E-state index contributed by atoms with van der Waals surface area (Å²) >= 11 is 3.09. The Morgan fingerprint density at radius 2 is 2.15 bits per heavy atom. The summed E-state index contributed by atoms with van der Waals surface area (Å²) in [4.78, 5) is 21.1. The minimum absolute atomic E-state index is 0.0435. The van der Waals surface area contributed by atoms with Gasteiger partial charge in [0.15, 0.2) is 0 Å². The number of amides is 1. The molecule has 0 bridgehead atoms. The minimum atomic E-state index is -0.0435. The summed E-state index contributed by atoms with van der Waals surface area (Å²) in [5.74, 6) is -0.0435. The zero-order valence-electron chi connectivity index (χ0n) is 14.6. The van der Waals surface area contributed by atoms with E-state index in [4.69, 9.17) is 0 Å². The predicted octanol–water partition coefficient (Wildman–Crippen LogP) is 4.94. The zero-order valence-corrected chi connectivity index (χ0v) is 16.3. The number of H-pyrrole nitrogens is 1. The van der Waals surface area contributed by atoms with Crippen molar-refractivity contribution in [2.75, 3.05) is 6.54 Å². The van der Waals surface area contributed by atoms with Gasteiger partial charge in [-0.3, -0.25) is 4.79 Å². The maximum Gasteiger partial charge on any atom is 0.263 e. The molecule has 0 aliphatic heterocycles. The highest BCUT2D eigenvalue weighted by atomic mass is 32.1. The van der Waals surface area contributed by atoms with Crippen LogP contribution in [0, 0.1) is 13.8 Å². The van der Waals surface area contributed by atoms with E-state index in [9.17, 15) is 4.79 Å². The summed E-state index contributed by atoms with van der Waals surface area (Å²) in [6.45, 7) is 4.61. The summed E-state index contributed by atoms with van der Waals surface area (Å²) in [6.07, 6.45) is 2.84. The molecule has 1 amide bonds. The minimum Gasteiger partial charge on any atom is -0.361 e. The lowest BCUT2D eigenvalue weighted by Gasteiger charge is -2.05. The molecule has 0 aliphatic rings. The van der Waals surface area contributed by atoms with Crippen molar-refractivity contribution in [1.29, 1.82) is 0 Å². The van der Waals surface area contributed by atoms with Crippen LogP contribution < -0.4 is 5.32 Å². The van der Waals surface area contributed by atoms with Crippen LogP contribution in [0.5, 0.6) is 0 Å². The van der Waals surface area contributed by atoms with Gasteiger partial charge in [-0.05, 0) is 48.9 Å². The van der Waals surface area contributed by atoms with Crippen LogP contribution in [0.4, 0.5) is 0 Å². The van der Waals surface area contributed by atoms with Crippen LogP contribution in [-0.4, -0.2) is 22.4 Å². The Hall–Kier alpha value is -2.44. The quantitative estimate of drug-likeness (QED) is 0.514. The van der Waals surface area contributed by atoms with Crippen LogP contribution in [0.15, 0.2) is 41.2 Å². The van der Waals surface area contributed by atoms with Gasteiger partial charge in [0.05, 0.1) is 5.69 Å². The number of carbonyl (C=O) groups is 1. The normalized spacial score (nSPS) is 11.2. The van der Waals surface area contributed by atoms with Gasteiger partial charge in [-0.2, -0.15) is 11.3 Å². The molecule has 6 heteroatoms. The SMILES string of the molecule is Cc1nc(-c2ccsc2)sc1C(=O)NCCc1c[nH]c2cccc(C)c12. The molecule has 0 fully saturated rings. The van der Waals surface area contributed by atoms with Gasteiger partial charge in [0, 0.05) is 34.6 Å². The first-order valence-electron chi connectivity index (χ1n) is 8.47. The van der Waals surface area contributed by atoms with Crippen molar-refractivity contribution >= 4 is 39.5 Å². The zero-order chi connectivity index (χ0) is 18.1. The molecule has 2 N–H and O–H groups in total. The van der Waals surface area contributed by atoms with Gasteiger partial charge in [0.25, 0.3) is 5.91 Å². The topological polar surface area (TPSA) is 57.8 Å². The third-order valence-electron chi connectivity index (χ3n) is 4.45. The Bertz CT molecular complexity index is 1060. The fraction of sp³-hybridized carbons (Fsp3) is 0.200. The smallest absolute Gasteiger partial charge is 0.263 e. The van der Waals surface area contributed by atoms with Gasteiger partial charge < -0.3 is 10.3 Å². The Labute approximate surface area is 159 Å². The average molecular weight is 382 g/mol. The first kappa shape index (κ1) is 17.0. The molecule has 0 saturated carbocycles. The molecule has 3 aromatic heterocycles. The molecule has 0 saturated heterocycles. The van der Waals surface area contributed by atoms with E-state index in [1.807, 2.05) is 24.6 Å². The van der Waals surface area contributed by atoms with E-state index in [0.29, 0.717) is 11.4 Å². The number of thiophene rings is 1. The van der Waals surface area contributed by atoms with Crippen LogP contribution in [0.2, 0.25) is 0 Å². The summed E-state index contributed by atoms with van der Waals surface area (Å²) in [5, 5.41) is 9.28. The second kappa shape index (κ2) is 7.05. The van der Waals surface area contributed by atoms with E-state index in [-0.39, 0.29) is 5.91 Å². The van der Waals surface area contributed by atoms with Crippen molar-refractivity contribution in [3.05, 3.63) is 62.9 Å². The molecule has 0 spiro atoms. The molecule has 26 heavy (non-hydrogen) atoms. The molecular formula is C20H19N3OS2. The third-order valence-corrected chi connectivity index (χ3v) is 6.34. The van der Waals surface area contributed by atoms with Gasteiger partial charge in [0.2, 0.25) is 0 Å². The van der Waals surface area contributed by atoms with Crippen molar-refractivity contribution in [3.8, 4) is 10.6 Å². The van der Waals surface area contributed by atoms with Crippen LogP contribution in [-0.2, 0) is 6.42 Å². The number of aryl methyl sites for hydroxylation is 2. The molecule has 0 aliphatic carbocycles. The highest BCUT2D eigenvalue weighted by Gasteiger charge is 2.16. The van der Waals surface area contributed by atoms with Gasteiger partial charge >= 0.3 is 0 Å². The molecule has 4 rings (SSSR count). The molecule has 0 unspecified atom stereocenters. The number of thiazole rings is 1. The average Bonchev–Trinajstić information content (AvgIpc) is 3.34. The first-order valence-corrected chi connectivity index (χ1v) is 10.2. The fourth-order valence-electron chi connectivity index (χ4n) is 3.16. The summed E-state index contributed by atoms with van der Waals surface area (Å²) in [6, 6.07) is 8.28. The molecule has 0 radical (unpaired) electrons. The number of benzene rings is 1. The Morgan fingerprint density at radius 1 is 1.27 bits per heavy atom. The predicted molar refractivity (Wildman–Crippen MR) is 109 cm³/mol. The van der Waals surface area contributed by atoms with Crippen LogP contribution in [0.1, 0.15) is 26.5 Å². The number of aromatic nitrogens is 2. The number of fused-ring (bicyclic) bond motifs is 1. The van der Waals surface area contributed by atoms with Crippen molar-refractivity contribution in [3.63, 3.8) is 0 Å².